The molecule has 0 fully saturated rings. The van der Waals surface area contributed by atoms with E-state index in [1.165, 1.54) is 0 Å². The zero-order chi connectivity index (χ0) is 15.7. The van der Waals surface area contributed by atoms with E-state index in [2.05, 4.69) is 37.2 Å². The van der Waals surface area contributed by atoms with E-state index in [0.29, 0.717) is 10.6 Å². The van der Waals surface area contributed by atoms with E-state index in [1.54, 1.807) is 24.3 Å². The smallest absolute Gasteiger partial charge is 0.255 e. The van der Waals surface area contributed by atoms with Gasteiger partial charge in [0.1, 0.15) is 0 Å². The number of carbonyl (C=O) groups is 1. The van der Waals surface area contributed by atoms with Gasteiger partial charge in [-0.3, -0.25) is 4.79 Å². The monoisotopic (exact) mass is 437 g/mol. The van der Waals surface area contributed by atoms with E-state index in [0.717, 1.165) is 25.4 Å². The highest BCUT2D eigenvalue weighted by Gasteiger charge is 2.10. The minimum absolute atomic E-state index is 0.172. The van der Waals surface area contributed by atoms with Gasteiger partial charge in [-0.1, -0.05) is 39.7 Å². The Balaban J connectivity index is 1.93. The molecule has 0 radical (unpaired) electrons. The van der Waals surface area contributed by atoms with Crippen LogP contribution < -0.4 is 5.32 Å². The normalized spacial score (nSPS) is 10.7. The molecule has 2 nitrogen and oxygen atoms in total. The number of fused-ring (bicyclic) bond motifs is 1. The second-order valence-corrected chi connectivity index (χ2v) is 6.90. The molecule has 0 saturated carbocycles. The van der Waals surface area contributed by atoms with Crippen molar-refractivity contribution in [3.8, 4) is 0 Å². The molecule has 3 rings (SSSR count). The van der Waals surface area contributed by atoms with Crippen LogP contribution in [0.5, 0.6) is 0 Å². The van der Waals surface area contributed by atoms with Crippen LogP contribution >= 0.6 is 43.5 Å². The van der Waals surface area contributed by atoms with E-state index >= 15 is 0 Å². The maximum Gasteiger partial charge on any atom is 0.255 e. The Morgan fingerprint density at radius 1 is 0.955 bits per heavy atom. The highest BCUT2D eigenvalue weighted by atomic mass is 79.9. The second kappa shape index (κ2) is 6.41. The number of hydrogen-bond acceptors (Lipinski definition) is 1. The molecule has 110 valence electrons. The number of carbonyl (C=O) groups excluding carboxylic acids is 1. The molecule has 0 aromatic heterocycles. The molecule has 0 atom stereocenters. The number of amides is 1. The first kappa shape index (κ1) is 15.5. The summed E-state index contributed by atoms with van der Waals surface area (Å²) in [5, 5.41) is 5.65. The number of rotatable bonds is 2. The summed E-state index contributed by atoms with van der Waals surface area (Å²) in [5.74, 6) is -0.172. The standard InChI is InChI=1S/C17H10Br2ClNO/c18-12-4-7-14-11(9-12)3-8-15(16(14)19)21-17(22)10-1-5-13(20)6-2-10/h1-9H,(H,21,22). The first-order chi connectivity index (χ1) is 10.5. The molecular formula is C17H10Br2ClNO. The molecule has 0 aliphatic rings. The molecule has 0 heterocycles. The number of halogens is 3. The minimum atomic E-state index is -0.172. The molecule has 3 aromatic rings. The summed E-state index contributed by atoms with van der Waals surface area (Å²) in [4.78, 5) is 12.3. The molecule has 0 aliphatic carbocycles. The fraction of sp³-hybridized carbons (Fsp3) is 0. The van der Waals surface area contributed by atoms with Crippen LogP contribution in [0.15, 0.2) is 63.5 Å². The summed E-state index contributed by atoms with van der Waals surface area (Å²) in [6.07, 6.45) is 0. The van der Waals surface area contributed by atoms with Crippen molar-refractivity contribution in [2.45, 2.75) is 0 Å². The summed E-state index contributed by atoms with van der Waals surface area (Å²) in [7, 11) is 0. The van der Waals surface area contributed by atoms with Gasteiger partial charge in [-0.15, -0.1) is 0 Å². The number of benzene rings is 3. The van der Waals surface area contributed by atoms with Crippen LogP contribution in [-0.2, 0) is 0 Å². The molecule has 22 heavy (non-hydrogen) atoms. The highest BCUT2D eigenvalue weighted by Crippen LogP contribution is 2.33. The van der Waals surface area contributed by atoms with E-state index in [-0.39, 0.29) is 5.91 Å². The summed E-state index contributed by atoms with van der Waals surface area (Å²) >= 11 is 12.9. The van der Waals surface area contributed by atoms with Crippen molar-refractivity contribution in [1.82, 2.24) is 0 Å². The zero-order valence-corrected chi connectivity index (χ0v) is 15.2. The molecule has 0 aliphatic heterocycles. The van der Waals surface area contributed by atoms with Gasteiger partial charge in [0.05, 0.1) is 5.69 Å². The van der Waals surface area contributed by atoms with Gasteiger partial charge < -0.3 is 5.32 Å². The molecule has 1 amide bonds. The Morgan fingerprint density at radius 2 is 1.68 bits per heavy atom. The van der Waals surface area contributed by atoms with Gasteiger partial charge in [0, 0.05) is 19.5 Å². The fourth-order valence-electron chi connectivity index (χ4n) is 2.16. The first-order valence-electron chi connectivity index (χ1n) is 6.49. The number of anilines is 1. The highest BCUT2D eigenvalue weighted by molar-refractivity contribution is 9.11. The van der Waals surface area contributed by atoms with Gasteiger partial charge in [-0.25, -0.2) is 0 Å². The molecule has 5 heteroatoms. The second-order valence-electron chi connectivity index (χ2n) is 4.75. The van der Waals surface area contributed by atoms with Crippen LogP contribution in [0.25, 0.3) is 10.8 Å². The summed E-state index contributed by atoms with van der Waals surface area (Å²) < 4.78 is 1.88. The van der Waals surface area contributed by atoms with Gasteiger partial charge in [-0.05, 0) is 69.2 Å². The molecule has 0 bridgehead atoms. The molecule has 0 spiro atoms. The number of hydrogen-bond donors (Lipinski definition) is 1. The third-order valence-electron chi connectivity index (χ3n) is 3.27. The lowest BCUT2D eigenvalue weighted by molar-refractivity contribution is 0.102. The van der Waals surface area contributed by atoms with Crippen molar-refractivity contribution >= 4 is 65.8 Å². The zero-order valence-electron chi connectivity index (χ0n) is 11.2. The predicted molar refractivity (Wildman–Crippen MR) is 98.8 cm³/mol. The van der Waals surface area contributed by atoms with Gasteiger partial charge in [0.25, 0.3) is 5.91 Å². The van der Waals surface area contributed by atoms with Crippen LogP contribution in [0, 0.1) is 0 Å². The average Bonchev–Trinajstić information content (AvgIpc) is 2.50. The van der Waals surface area contributed by atoms with Crippen molar-refractivity contribution < 1.29 is 4.79 Å². The lowest BCUT2D eigenvalue weighted by atomic mass is 10.1. The minimum Gasteiger partial charge on any atom is -0.321 e. The number of nitrogens with one attached hydrogen (secondary N) is 1. The van der Waals surface area contributed by atoms with Crippen molar-refractivity contribution in [1.29, 1.82) is 0 Å². The maximum absolute atomic E-state index is 12.3. The van der Waals surface area contributed by atoms with Gasteiger partial charge in [0.2, 0.25) is 0 Å². The summed E-state index contributed by atoms with van der Waals surface area (Å²) in [6, 6.07) is 16.7. The Hall–Kier alpha value is -1.36. The lowest BCUT2D eigenvalue weighted by Crippen LogP contribution is -2.12. The van der Waals surface area contributed by atoms with Gasteiger partial charge in [0.15, 0.2) is 0 Å². The third kappa shape index (κ3) is 3.19. The molecular weight excluding hydrogens is 429 g/mol. The Labute approximate surface area is 149 Å². The average molecular weight is 440 g/mol. The van der Waals surface area contributed by atoms with Crippen molar-refractivity contribution in [3.05, 3.63) is 74.1 Å². The molecule has 0 saturated heterocycles. The lowest BCUT2D eigenvalue weighted by Gasteiger charge is -2.10. The van der Waals surface area contributed by atoms with Crippen LogP contribution in [0.2, 0.25) is 5.02 Å². The van der Waals surface area contributed by atoms with Crippen LogP contribution in [0.4, 0.5) is 5.69 Å². The Bertz CT molecular complexity index is 862. The summed E-state index contributed by atoms with van der Waals surface area (Å²) in [5.41, 5.74) is 1.29. The van der Waals surface area contributed by atoms with Crippen molar-refractivity contribution in [2.24, 2.45) is 0 Å². The predicted octanol–water partition coefficient (Wildman–Crippen LogP) is 6.27. The van der Waals surface area contributed by atoms with Crippen LogP contribution in [-0.4, -0.2) is 5.91 Å². The Morgan fingerprint density at radius 3 is 2.41 bits per heavy atom. The van der Waals surface area contributed by atoms with Gasteiger partial charge in [-0.2, -0.15) is 0 Å². The van der Waals surface area contributed by atoms with Gasteiger partial charge >= 0.3 is 0 Å². The van der Waals surface area contributed by atoms with Crippen molar-refractivity contribution in [2.75, 3.05) is 5.32 Å². The Kier molecular flexibility index (Phi) is 4.52. The topological polar surface area (TPSA) is 29.1 Å². The first-order valence-corrected chi connectivity index (χ1v) is 8.46. The summed E-state index contributed by atoms with van der Waals surface area (Å²) in [6.45, 7) is 0. The van der Waals surface area contributed by atoms with E-state index in [9.17, 15) is 4.79 Å². The largest absolute Gasteiger partial charge is 0.321 e. The van der Waals surface area contributed by atoms with E-state index in [1.807, 2.05) is 30.3 Å². The van der Waals surface area contributed by atoms with Crippen LogP contribution in [0.1, 0.15) is 10.4 Å². The van der Waals surface area contributed by atoms with E-state index in [4.69, 9.17) is 11.6 Å². The van der Waals surface area contributed by atoms with Crippen molar-refractivity contribution in [3.63, 3.8) is 0 Å². The van der Waals surface area contributed by atoms with E-state index < -0.39 is 0 Å². The SMILES string of the molecule is O=C(Nc1ccc2cc(Br)ccc2c1Br)c1ccc(Cl)cc1. The molecule has 1 N–H and O–H groups in total. The van der Waals surface area contributed by atoms with Crippen LogP contribution in [0.3, 0.4) is 0 Å². The maximum atomic E-state index is 12.3. The fourth-order valence-corrected chi connectivity index (χ4v) is 3.25. The third-order valence-corrected chi connectivity index (χ3v) is 4.87. The molecule has 0 unspecified atom stereocenters. The quantitative estimate of drug-likeness (QED) is 0.501. The molecule has 3 aromatic carbocycles.